The van der Waals surface area contributed by atoms with Crippen molar-refractivity contribution in [2.45, 2.75) is 20.3 Å². The van der Waals surface area contributed by atoms with Crippen LogP contribution in [-0.4, -0.2) is 9.97 Å². The van der Waals surface area contributed by atoms with Crippen molar-refractivity contribution in [2.24, 2.45) is 0 Å². The van der Waals surface area contributed by atoms with Crippen LogP contribution in [-0.2, 0) is 0 Å². The molecule has 0 fully saturated rings. The summed E-state index contributed by atoms with van der Waals surface area (Å²) in [5.41, 5.74) is 5.04. The van der Waals surface area contributed by atoms with E-state index in [-0.39, 0.29) is 0 Å². The van der Waals surface area contributed by atoms with Crippen molar-refractivity contribution < 1.29 is 0 Å². The van der Waals surface area contributed by atoms with Crippen molar-refractivity contribution in [1.82, 2.24) is 9.97 Å². The number of aromatic nitrogens is 2. The highest BCUT2D eigenvalue weighted by molar-refractivity contribution is 9.10. The van der Waals surface area contributed by atoms with Crippen molar-refractivity contribution >= 4 is 21.5 Å². The molecule has 2 nitrogen and oxygen atoms in total. The van der Waals surface area contributed by atoms with Gasteiger partial charge in [0.1, 0.15) is 0 Å². The molecule has 3 aromatic rings. The Hall–Kier alpha value is -2.52. The average Bonchev–Trinajstić information content (AvgIpc) is 2.69. The second-order valence-electron chi connectivity index (χ2n) is 5.89. The molecule has 26 heavy (non-hydrogen) atoms. The number of allylic oxidation sites excluding steroid dienone is 4. The minimum atomic E-state index is 0.729. The zero-order valence-electron chi connectivity index (χ0n) is 15.0. The van der Waals surface area contributed by atoms with Crippen LogP contribution >= 0.6 is 15.9 Å². The Kier molecular flexibility index (Phi) is 6.13. The lowest BCUT2D eigenvalue weighted by atomic mass is 10.1. The molecule has 3 rings (SSSR count). The quantitative estimate of drug-likeness (QED) is 0.430. The first-order valence-electron chi connectivity index (χ1n) is 8.75. The highest BCUT2D eigenvalue weighted by Crippen LogP contribution is 2.27. The average molecular weight is 405 g/mol. The molecule has 0 saturated carbocycles. The topological polar surface area (TPSA) is 25.8 Å². The summed E-state index contributed by atoms with van der Waals surface area (Å²) in [6.45, 7) is 4.17. The van der Waals surface area contributed by atoms with Crippen LogP contribution in [0.2, 0.25) is 0 Å². The minimum Gasteiger partial charge on any atom is -0.228 e. The summed E-state index contributed by atoms with van der Waals surface area (Å²) in [4.78, 5) is 9.67. The molecule has 130 valence electrons. The number of hydrogen-bond donors (Lipinski definition) is 0. The van der Waals surface area contributed by atoms with Gasteiger partial charge in [0.15, 0.2) is 5.82 Å². The maximum Gasteiger partial charge on any atom is 0.160 e. The fourth-order valence-electron chi connectivity index (χ4n) is 2.68. The van der Waals surface area contributed by atoms with E-state index in [9.17, 15) is 0 Å². The molecule has 0 unspecified atom stereocenters. The number of benzene rings is 2. The summed E-state index contributed by atoms with van der Waals surface area (Å²) < 4.78 is 1.02. The molecule has 1 heterocycles. The number of halogens is 1. The summed E-state index contributed by atoms with van der Waals surface area (Å²) in [5, 5.41) is 0. The Balaban J connectivity index is 2.18. The van der Waals surface area contributed by atoms with Crippen molar-refractivity contribution in [3.63, 3.8) is 0 Å². The lowest BCUT2D eigenvalue weighted by Gasteiger charge is -2.10. The van der Waals surface area contributed by atoms with E-state index in [0.29, 0.717) is 0 Å². The number of hydrogen-bond acceptors (Lipinski definition) is 2. The SMILES string of the molecule is C/C=C(\C=C/CC)c1cc(-c2ccccc2)nc(-c2cccc(Br)c2)n1. The Morgan fingerprint density at radius 1 is 0.962 bits per heavy atom. The standard InChI is InChI=1S/C23H21BrN2/c1-3-5-10-17(4-2)21-16-22(18-11-7-6-8-12-18)26-23(25-21)19-13-9-14-20(24)15-19/h4-16H,3H2,1-2H3/b10-5-,17-4+. The molecule has 0 aliphatic carbocycles. The Labute approximate surface area is 163 Å². The second kappa shape index (κ2) is 8.72. The lowest BCUT2D eigenvalue weighted by Crippen LogP contribution is -1.97. The molecule has 0 radical (unpaired) electrons. The molecule has 2 aromatic carbocycles. The molecule has 3 heteroatoms. The van der Waals surface area contributed by atoms with E-state index < -0.39 is 0 Å². The van der Waals surface area contributed by atoms with E-state index in [1.165, 1.54) is 0 Å². The molecular weight excluding hydrogens is 384 g/mol. The van der Waals surface area contributed by atoms with Crippen LogP contribution in [0.3, 0.4) is 0 Å². The van der Waals surface area contributed by atoms with Gasteiger partial charge in [-0.3, -0.25) is 0 Å². The van der Waals surface area contributed by atoms with Crippen molar-refractivity contribution in [3.8, 4) is 22.6 Å². The van der Waals surface area contributed by atoms with Gasteiger partial charge in [0.05, 0.1) is 11.4 Å². The second-order valence-corrected chi connectivity index (χ2v) is 6.81. The van der Waals surface area contributed by atoms with Crippen LogP contribution in [0.5, 0.6) is 0 Å². The summed E-state index contributed by atoms with van der Waals surface area (Å²) in [5.74, 6) is 0.729. The van der Waals surface area contributed by atoms with Crippen LogP contribution in [0.25, 0.3) is 28.2 Å². The predicted molar refractivity (Wildman–Crippen MR) is 114 cm³/mol. The Bertz CT molecular complexity index is 943. The van der Waals surface area contributed by atoms with Gasteiger partial charge in [-0.15, -0.1) is 0 Å². The normalized spacial score (nSPS) is 11.9. The first-order valence-corrected chi connectivity index (χ1v) is 9.54. The number of rotatable bonds is 5. The minimum absolute atomic E-state index is 0.729. The third-order valence-corrected chi connectivity index (χ3v) is 4.51. The Morgan fingerprint density at radius 2 is 1.73 bits per heavy atom. The molecule has 1 aromatic heterocycles. The van der Waals surface area contributed by atoms with Crippen LogP contribution in [0.15, 0.2) is 83.4 Å². The highest BCUT2D eigenvalue weighted by atomic mass is 79.9. The number of nitrogens with zero attached hydrogens (tertiary/aromatic N) is 2. The van der Waals surface area contributed by atoms with E-state index in [1.54, 1.807) is 0 Å². The third kappa shape index (κ3) is 4.36. The maximum atomic E-state index is 4.84. The summed E-state index contributed by atoms with van der Waals surface area (Å²) in [7, 11) is 0. The van der Waals surface area contributed by atoms with Gasteiger partial charge in [-0.05, 0) is 37.1 Å². The third-order valence-electron chi connectivity index (χ3n) is 4.02. The van der Waals surface area contributed by atoms with E-state index in [4.69, 9.17) is 9.97 Å². The van der Waals surface area contributed by atoms with Gasteiger partial charge in [0.25, 0.3) is 0 Å². The largest absolute Gasteiger partial charge is 0.228 e. The van der Waals surface area contributed by atoms with Crippen LogP contribution in [0.4, 0.5) is 0 Å². The van der Waals surface area contributed by atoms with Gasteiger partial charge in [0.2, 0.25) is 0 Å². The van der Waals surface area contributed by atoms with Crippen LogP contribution < -0.4 is 0 Å². The van der Waals surface area contributed by atoms with E-state index in [1.807, 2.05) is 49.4 Å². The van der Waals surface area contributed by atoms with Crippen molar-refractivity contribution in [1.29, 1.82) is 0 Å². The van der Waals surface area contributed by atoms with Crippen molar-refractivity contribution in [2.75, 3.05) is 0 Å². The van der Waals surface area contributed by atoms with E-state index >= 15 is 0 Å². The monoisotopic (exact) mass is 404 g/mol. The highest BCUT2D eigenvalue weighted by Gasteiger charge is 2.10. The van der Waals surface area contributed by atoms with Gasteiger partial charge in [-0.1, -0.05) is 83.5 Å². The molecule has 0 aliphatic rings. The van der Waals surface area contributed by atoms with Gasteiger partial charge >= 0.3 is 0 Å². The molecule has 0 bridgehead atoms. The molecule has 0 aliphatic heterocycles. The zero-order valence-corrected chi connectivity index (χ0v) is 16.6. The van der Waals surface area contributed by atoms with Crippen LogP contribution in [0.1, 0.15) is 26.0 Å². The predicted octanol–water partition coefficient (Wildman–Crippen LogP) is 6.94. The molecule has 0 N–H and O–H groups in total. The molecule has 0 amide bonds. The van der Waals surface area contributed by atoms with Crippen LogP contribution in [0, 0.1) is 0 Å². The Morgan fingerprint density at radius 3 is 2.42 bits per heavy atom. The summed E-state index contributed by atoms with van der Waals surface area (Å²) in [6, 6.07) is 20.4. The van der Waals surface area contributed by atoms with E-state index in [2.05, 4.69) is 59.3 Å². The van der Waals surface area contributed by atoms with E-state index in [0.717, 1.165) is 44.8 Å². The summed E-state index contributed by atoms with van der Waals surface area (Å²) >= 11 is 3.54. The molecule has 0 saturated heterocycles. The molecule has 0 atom stereocenters. The van der Waals surface area contributed by atoms with Gasteiger partial charge in [-0.25, -0.2) is 9.97 Å². The van der Waals surface area contributed by atoms with Gasteiger partial charge in [-0.2, -0.15) is 0 Å². The van der Waals surface area contributed by atoms with Gasteiger partial charge in [0, 0.05) is 15.6 Å². The zero-order chi connectivity index (χ0) is 18.4. The lowest BCUT2D eigenvalue weighted by molar-refractivity contribution is 1.15. The van der Waals surface area contributed by atoms with Crippen molar-refractivity contribution in [3.05, 3.63) is 89.1 Å². The fourth-order valence-corrected chi connectivity index (χ4v) is 3.08. The fraction of sp³-hybridized carbons (Fsp3) is 0.130. The first-order chi connectivity index (χ1) is 12.7. The summed E-state index contributed by atoms with van der Waals surface area (Å²) in [6.07, 6.45) is 7.36. The maximum absolute atomic E-state index is 4.84. The smallest absolute Gasteiger partial charge is 0.160 e. The molecule has 0 spiro atoms. The first kappa shape index (κ1) is 18.3. The van der Waals surface area contributed by atoms with Gasteiger partial charge < -0.3 is 0 Å². The molecular formula is C23H21BrN2.